The molecule has 1 amide bonds. The molecule has 0 saturated carbocycles. The van der Waals surface area contributed by atoms with Crippen LogP contribution in [0, 0.1) is 10.1 Å². The number of benzene rings is 1. The molecule has 0 aromatic heterocycles. The van der Waals surface area contributed by atoms with Crippen LogP contribution < -0.4 is 9.64 Å². The Morgan fingerprint density at radius 3 is 2.94 bits per heavy atom. The van der Waals surface area contributed by atoms with Crippen LogP contribution in [0.15, 0.2) is 18.2 Å². The number of hydrogen-bond acceptors (Lipinski definition) is 5. The summed E-state index contributed by atoms with van der Waals surface area (Å²) in [5.74, 6) is -0.0882. The zero-order valence-corrected chi connectivity index (χ0v) is 8.12. The van der Waals surface area contributed by atoms with Crippen LogP contribution in [0.25, 0.3) is 0 Å². The van der Waals surface area contributed by atoms with E-state index in [2.05, 4.69) is 0 Å². The number of nitro benzene ring substituents is 1. The first kappa shape index (κ1) is 10.4. The van der Waals surface area contributed by atoms with Gasteiger partial charge in [-0.2, -0.15) is 0 Å². The number of amides is 1. The number of nitrogens with zero attached hydrogens (tertiary/aromatic N) is 2. The minimum absolute atomic E-state index is 0.157. The monoisotopic (exact) mass is 224 g/mol. The van der Waals surface area contributed by atoms with E-state index in [9.17, 15) is 14.9 Å². The lowest BCUT2D eigenvalue weighted by Crippen LogP contribution is -2.39. The molecule has 0 atom stereocenters. The highest BCUT2D eigenvalue weighted by Crippen LogP contribution is 2.34. The van der Waals surface area contributed by atoms with E-state index >= 15 is 0 Å². The highest BCUT2D eigenvalue weighted by Gasteiger charge is 2.26. The molecule has 7 nitrogen and oxygen atoms in total. The number of nitro groups is 1. The van der Waals surface area contributed by atoms with Crippen LogP contribution in [-0.2, 0) is 4.79 Å². The van der Waals surface area contributed by atoms with Gasteiger partial charge in [0, 0.05) is 12.1 Å². The lowest BCUT2D eigenvalue weighted by molar-refractivity contribution is -0.384. The number of fused-ring (bicyclic) bond motifs is 1. The van der Waals surface area contributed by atoms with Gasteiger partial charge in [0.1, 0.15) is 12.5 Å². The first-order chi connectivity index (χ1) is 7.63. The summed E-state index contributed by atoms with van der Waals surface area (Å²) in [4.78, 5) is 22.4. The average Bonchev–Trinajstić information content (AvgIpc) is 2.28. The normalized spacial score (nSPS) is 14.3. The molecule has 84 valence electrons. The van der Waals surface area contributed by atoms with Crippen molar-refractivity contribution in [2.45, 2.75) is 0 Å². The number of rotatable bonds is 2. The number of carbonyl (C=O) groups excluding carboxylic acids is 1. The number of aliphatic hydroxyl groups is 1. The zero-order valence-electron chi connectivity index (χ0n) is 8.12. The molecule has 0 radical (unpaired) electrons. The molecule has 7 heteroatoms. The third-order valence-corrected chi connectivity index (χ3v) is 2.24. The van der Waals surface area contributed by atoms with Crippen molar-refractivity contribution in [3.63, 3.8) is 0 Å². The Hall–Kier alpha value is -2.15. The fraction of sp³-hybridized carbons (Fsp3) is 0.222. The summed E-state index contributed by atoms with van der Waals surface area (Å²) >= 11 is 0. The lowest BCUT2D eigenvalue weighted by atomic mass is 10.2. The van der Waals surface area contributed by atoms with Crippen molar-refractivity contribution < 1.29 is 19.6 Å². The van der Waals surface area contributed by atoms with Gasteiger partial charge in [-0.3, -0.25) is 19.8 Å². The molecule has 0 bridgehead atoms. The van der Waals surface area contributed by atoms with E-state index in [4.69, 9.17) is 9.84 Å². The van der Waals surface area contributed by atoms with E-state index in [1.165, 1.54) is 18.2 Å². The fourth-order valence-electron chi connectivity index (χ4n) is 1.46. The van der Waals surface area contributed by atoms with Gasteiger partial charge in [-0.25, -0.2) is 0 Å². The van der Waals surface area contributed by atoms with E-state index in [0.29, 0.717) is 5.75 Å². The summed E-state index contributed by atoms with van der Waals surface area (Å²) in [6.45, 7) is -0.707. The second-order valence-electron chi connectivity index (χ2n) is 3.16. The number of carbonyl (C=O) groups is 1. The van der Waals surface area contributed by atoms with Crippen molar-refractivity contribution in [3.8, 4) is 5.75 Å². The number of ether oxygens (including phenoxy) is 1. The van der Waals surface area contributed by atoms with Crippen LogP contribution in [0.3, 0.4) is 0 Å². The number of non-ortho nitro benzene ring substituents is 1. The first-order valence-electron chi connectivity index (χ1n) is 4.46. The molecular weight excluding hydrogens is 216 g/mol. The second-order valence-corrected chi connectivity index (χ2v) is 3.16. The highest BCUT2D eigenvalue weighted by atomic mass is 16.6. The Morgan fingerprint density at radius 1 is 1.56 bits per heavy atom. The van der Waals surface area contributed by atoms with Gasteiger partial charge in [-0.15, -0.1) is 0 Å². The first-order valence-corrected chi connectivity index (χ1v) is 4.46. The summed E-state index contributed by atoms with van der Waals surface area (Å²) < 4.78 is 5.08. The molecule has 0 spiro atoms. The van der Waals surface area contributed by atoms with E-state index < -0.39 is 17.6 Å². The molecule has 0 fully saturated rings. The smallest absolute Gasteiger partial charge is 0.271 e. The number of hydrogen-bond donors (Lipinski definition) is 1. The van der Waals surface area contributed by atoms with Crippen LogP contribution in [-0.4, -0.2) is 29.3 Å². The molecule has 1 heterocycles. The van der Waals surface area contributed by atoms with Crippen molar-refractivity contribution in [3.05, 3.63) is 28.3 Å². The number of anilines is 1. The molecular formula is C9H8N2O5. The van der Waals surface area contributed by atoms with Crippen molar-refractivity contribution in [1.29, 1.82) is 0 Å². The SMILES string of the molecule is O=C1COc2ccc([N+](=O)[O-])cc2N1CO. The zero-order chi connectivity index (χ0) is 11.7. The average molecular weight is 224 g/mol. The van der Waals surface area contributed by atoms with E-state index in [0.717, 1.165) is 4.90 Å². The maximum atomic E-state index is 11.3. The summed E-state index contributed by atoms with van der Waals surface area (Å²) in [5, 5.41) is 19.6. The Morgan fingerprint density at radius 2 is 2.31 bits per heavy atom. The van der Waals surface area contributed by atoms with Crippen LogP contribution >= 0.6 is 0 Å². The molecule has 1 aromatic rings. The van der Waals surface area contributed by atoms with Crippen LogP contribution in [0.4, 0.5) is 11.4 Å². The highest BCUT2D eigenvalue weighted by molar-refractivity contribution is 5.97. The van der Waals surface area contributed by atoms with Crippen LogP contribution in [0.5, 0.6) is 5.75 Å². The van der Waals surface area contributed by atoms with E-state index in [1.807, 2.05) is 0 Å². The Bertz CT molecular complexity index is 459. The largest absolute Gasteiger partial charge is 0.482 e. The predicted molar refractivity (Wildman–Crippen MR) is 53.2 cm³/mol. The van der Waals surface area contributed by atoms with Gasteiger partial charge in [-0.1, -0.05) is 0 Å². The topological polar surface area (TPSA) is 92.9 Å². The Balaban J connectivity index is 2.49. The summed E-state index contributed by atoms with van der Waals surface area (Å²) in [6, 6.07) is 3.88. The lowest BCUT2D eigenvalue weighted by Gasteiger charge is -2.27. The minimum Gasteiger partial charge on any atom is -0.482 e. The molecule has 1 aromatic carbocycles. The third-order valence-electron chi connectivity index (χ3n) is 2.24. The summed E-state index contributed by atoms with van der Waals surface area (Å²) in [5.41, 5.74) is 0.0588. The van der Waals surface area contributed by atoms with Crippen molar-refractivity contribution >= 4 is 17.3 Å². The molecule has 0 saturated heterocycles. The number of aliphatic hydroxyl groups excluding tert-OH is 1. The maximum absolute atomic E-state index is 11.3. The Labute approximate surface area is 90.0 Å². The predicted octanol–water partition coefficient (Wildman–Crippen LogP) is 0.270. The van der Waals surface area contributed by atoms with Crippen molar-refractivity contribution in [2.75, 3.05) is 18.2 Å². The van der Waals surface area contributed by atoms with Crippen molar-refractivity contribution in [1.82, 2.24) is 0 Å². The van der Waals surface area contributed by atoms with E-state index in [1.54, 1.807) is 0 Å². The van der Waals surface area contributed by atoms with Gasteiger partial charge in [-0.05, 0) is 6.07 Å². The van der Waals surface area contributed by atoms with Gasteiger partial charge >= 0.3 is 0 Å². The van der Waals surface area contributed by atoms with Crippen LogP contribution in [0.1, 0.15) is 0 Å². The minimum atomic E-state index is -0.574. The summed E-state index contributed by atoms with van der Waals surface area (Å²) in [6.07, 6.45) is 0. The maximum Gasteiger partial charge on any atom is 0.271 e. The summed E-state index contributed by atoms with van der Waals surface area (Å²) in [7, 11) is 0. The van der Waals surface area contributed by atoms with Gasteiger partial charge in [0.15, 0.2) is 6.61 Å². The van der Waals surface area contributed by atoms with E-state index in [-0.39, 0.29) is 18.0 Å². The molecule has 1 aliphatic heterocycles. The standard InChI is InChI=1S/C9H8N2O5/c12-5-10-7-3-6(11(14)15)1-2-8(7)16-4-9(10)13/h1-3,12H,4-5H2. The second kappa shape index (κ2) is 3.78. The Kier molecular flexibility index (Phi) is 2.45. The molecule has 1 N–H and O–H groups in total. The van der Waals surface area contributed by atoms with Gasteiger partial charge < -0.3 is 9.84 Å². The van der Waals surface area contributed by atoms with Crippen LogP contribution in [0.2, 0.25) is 0 Å². The fourth-order valence-corrected chi connectivity index (χ4v) is 1.46. The van der Waals surface area contributed by atoms with Gasteiger partial charge in [0.05, 0.1) is 10.6 Å². The molecule has 16 heavy (non-hydrogen) atoms. The molecule has 0 aliphatic carbocycles. The van der Waals surface area contributed by atoms with Crippen molar-refractivity contribution in [2.24, 2.45) is 0 Å². The molecule has 1 aliphatic rings. The third kappa shape index (κ3) is 1.57. The molecule has 2 rings (SSSR count). The van der Waals surface area contributed by atoms with Gasteiger partial charge in [0.2, 0.25) is 0 Å². The quantitative estimate of drug-likeness (QED) is 0.574. The molecule has 0 unspecified atom stereocenters. The van der Waals surface area contributed by atoms with Gasteiger partial charge in [0.25, 0.3) is 11.6 Å².